The van der Waals surface area contributed by atoms with Gasteiger partial charge in [-0.05, 0) is 30.4 Å². The van der Waals surface area contributed by atoms with Gasteiger partial charge in [-0.15, -0.1) is 0 Å². The number of rotatable bonds is 2. The summed E-state index contributed by atoms with van der Waals surface area (Å²) in [6.45, 7) is 5.04. The lowest BCUT2D eigenvalue weighted by Gasteiger charge is -2.36. The maximum atomic E-state index is 11.7. The Hall–Kier alpha value is -1.51. The van der Waals surface area contributed by atoms with Crippen molar-refractivity contribution in [3.05, 3.63) is 29.8 Å². The van der Waals surface area contributed by atoms with Crippen LogP contribution in [-0.4, -0.2) is 30.6 Å². The van der Waals surface area contributed by atoms with E-state index in [2.05, 4.69) is 36.1 Å². The van der Waals surface area contributed by atoms with Crippen molar-refractivity contribution < 1.29 is 4.79 Å². The predicted octanol–water partition coefficient (Wildman–Crippen LogP) is 2.58. The maximum Gasteiger partial charge on any atom is 0.224 e. The standard InChI is InChI=1S/C15H20N2O/c1-12-8-10-16(11-17-9-4-7-15(17)18)14-6-3-2-5-13(12)14/h2-3,5-6,12H,4,7-11H2,1H3. The van der Waals surface area contributed by atoms with Crippen molar-refractivity contribution in [2.75, 3.05) is 24.7 Å². The number of para-hydroxylation sites is 1. The third-order valence-corrected chi connectivity index (χ3v) is 4.15. The number of likely N-dealkylation sites (tertiary alicyclic amines) is 1. The molecule has 1 saturated heterocycles. The molecule has 2 aliphatic rings. The van der Waals surface area contributed by atoms with Gasteiger partial charge in [-0.2, -0.15) is 0 Å². The molecular weight excluding hydrogens is 224 g/mol. The Kier molecular flexibility index (Phi) is 2.98. The number of benzene rings is 1. The summed E-state index contributed by atoms with van der Waals surface area (Å²) in [4.78, 5) is 16.1. The summed E-state index contributed by atoms with van der Waals surface area (Å²) >= 11 is 0. The van der Waals surface area contributed by atoms with Gasteiger partial charge in [0.05, 0.1) is 6.67 Å². The zero-order valence-corrected chi connectivity index (χ0v) is 10.9. The highest BCUT2D eigenvalue weighted by Crippen LogP contribution is 2.34. The van der Waals surface area contributed by atoms with Crippen LogP contribution in [0.25, 0.3) is 0 Å². The summed E-state index contributed by atoms with van der Waals surface area (Å²) in [5.41, 5.74) is 2.74. The fourth-order valence-corrected chi connectivity index (χ4v) is 3.02. The molecule has 3 nitrogen and oxygen atoms in total. The number of nitrogens with zero attached hydrogens (tertiary/aromatic N) is 2. The van der Waals surface area contributed by atoms with E-state index in [4.69, 9.17) is 0 Å². The van der Waals surface area contributed by atoms with Crippen LogP contribution >= 0.6 is 0 Å². The van der Waals surface area contributed by atoms with Gasteiger partial charge in [0.25, 0.3) is 0 Å². The minimum Gasteiger partial charge on any atom is -0.353 e. The average molecular weight is 244 g/mol. The molecule has 2 aliphatic heterocycles. The van der Waals surface area contributed by atoms with E-state index in [0.29, 0.717) is 11.8 Å². The first-order valence-corrected chi connectivity index (χ1v) is 6.87. The third-order valence-electron chi connectivity index (χ3n) is 4.15. The first kappa shape index (κ1) is 11.6. The molecule has 96 valence electrons. The van der Waals surface area contributed by atoms with E-state index in [-0.39, 0.29) is 0 Å². The number of hydrogen-bond donors (Lipinski definition) is 0. The van der Waals surface area contributed by atoms with Crippen LogP contribution in [0.4, 0.5) is 5.69 Å². The fraction of sp³-hybridized carbons (Fsp3) is 0.533. The van der Waals surface area contributed by atoms with Crippen molar-refractivity contribution >= 4 is 11.6 Å². The molecule has 1 atom stereocenters. The number of fused-ring (bicyclic) bond motifs is 1. The molecule has 1 aromatic carbocycles. The Morgan fingerprint density at radius 3 is 2.83 bits per heavy atom. The van der Waals surface area contributed by atoms with E-state index in [0.717, 1.165) is 32.6 Å². The topological polar surface area (TPSA) is 23.6 Å². The fourth-order valence-electron chi connectivity index (χ4n) is 3.02. The second-order valence-corrected chi connectivity index (χ2v) is 5.41. The zero-order chi connectivity index (χ0) is 12.5. The summed E-state index contributed by atoms with van der Waals surface area (Å²) in [6.07, 6.45) is 2.93. The van der Waals surface area contributed by atoms with Crippen molar-refractivity contribution in [2.24, 2.45) is 0 Å². The Balaban J connectivity index is 1.82. The van der Waals surface area contributed by atoms with Crippen molar-refractivity contribution in [1.29, 1.82) is 0 Å². The first-order valence-electron chi connectivity index (χ1n) is 6.87. The SMILES string of the molecule is CC1CCN(CN2CCCC2=O)c2ccccc21. The van der Waals surface area contributed by atoms with Gasteiger partial charge < -0.3 is 9.80 Å². The maximum absolute atomic E-state index is 11.7. The molecule has 1 amide bonds. The molecule has 0 saturated carbocycles. The quantitative estimate of drug-likeness (QED) is 0.798. The lowest BCUT2D eigenvalue weighted by molar-refractivity contribution is -0.127. The van der Waals surface area contributed by atoms with Crippen molar-refractivity contribution in [3.63, 3.8) is 0 Å². The molecule has 3 rings (SSSR count). The highest BCUT2D eigenvalue weighted by molar-refractivity contribution is 5.78. The Labute approximate surface area is 108 Å². The van der Waals surface area contributed by atoms with Crippen molar-refractivity contribution in [2.45, 2.75) is 32.1 Å². The lowest BCUT2D eigenvalue weighted by atomic mass is 9.92. The van der Waals surface area contributed by atoms with Gasteiger partial charge >= 0.3 is 0 Å². The molecule has 0 bridgehead atoms. The third kappa shape index (κ3) is 1.98. The van der Waals surface area contributed by atoms with Crippen LogP contribution in [0.2, 0.25) is 0 Å². The molecule has 1 aromatic rings. The molecule has 1 fully saturated rings. The molecule has 18 heavy (non-hydrogen) atoms. The van der Waals surface area contributed by atoms with Crippen LogP contribution < -0.4 is 4.90 Å². The molecule has 3 heteroatoms. The van der Waals surface area contributed by atoms with Gasteiger partial charge in [-0.1, -0.05) is 25.1 Å². The number of hydrogen-bond acceptors (Lipinski definition) is 2. The number of carbonyl (C=O) groups excluding carboxylic acids is 1. The molecular formula is C15H20N2O. The van der Waals surface area contributed by atoms with E-state index in [1.165, 1.54) is 17.7 Å². The Morgan fingerprint density at radius 2 is 2.06 bits per heavy atom. The molecule has 2 heterocycles. The predicted molar refractivity (Wildman–Crippen MR) is 72.6 cm³/mol. The second-order valence-electron chi connectivity index (χ2n) is 5.41. The molecule has 0 radical (unpaired) electrons. The minimum absolute atomic E-state index is 0.311. The molecule has 0 aromatic heterocycles. The van der Waals surface area contributed by atoms with Gasteiger partial charge in [-0.3, -0.25) is 4.79 Å². The van der Waals surface area contributed by atoms with Gasteiger partial charge in [-0.25, -0.2) is 0 Å². The highest BCUT2D eigenvalue weighted by atomic mass is 16.2. The van der Waals surface area contributed by atoms with E-state index in [9.17, 15) is 4.79 Å². The van der Waals surface area contributed by atoms with Crippen molar-refractivity contribution in [1.82, 2.24) is 4.90 Å². The summed E-state index contributed by atoms with van der Waals surface area (Å²) in [7, 11) is 0. The Morgan fingerprint density at radius 1 is 1.22 bits per heavy atom. The molecule has 1 unspecified atom stereocenters. The summed E-state index contributed by atoms with van der Waals surface area (Å²) in [6, 6.07) is 8.61. The van der Waals surface area contributed by atoms with E-state index >= 15 is 0 Å². The summed E-state index contributed by atoms with van der Waals surface area (Å²) in [5.74, 6) is 0.942. The molecule has 0 N–H and O–H groups in total. The molecule has 0 spiro atoms. The van der Waals surface area contributed by atoms with Crippen LogP contribution in [0, 0.1) is 0 Å². The molecule has 0 aliphatic carbocycles. The minimum atomic E-state index is 0.311. The average Bonchev–Trinajstić information content (AvgIpc) is 2.79. The van der Waals surface area contributed by atoms with Crippen molar-refractivity contribution in [3.8, 4) is 0 Å². The van der Waals surface area contributed by atoms with E-state index < -0.39 is 0 Å². The second kappa shape index (κ2) is 4.63. The van der Waals surface area contributed by atoms with Crippen LogP contribution in [0.5, 0.6) is 0 Å². The number of anilines is 1. The lowest BCUT2D eigenvalue weighted by Crippen LogP contribution is -2.41. The van der Waals surface area contributed by atoms with E-state index in [1.54, 1.807) is 0 Å². The monoisotopic (exact) mass is 244 g/mol. The van der Waals surface area contributed by atoms with Crippen LogP contribution in [0.1, 0.15) is 37.7 Å². The van der Waals surface area contributed by atoms with Gasteiger partial charge in [0.15, 0.2) is 0 Å². The number of carbonyl (C=O) groups is 1. The normalized spacial score (nSPS) is 23.4. The van der Waals surface area contributed by atoms with Crippen LogP contribution in [0.15, 0.2) is 24.3 Å². The number of amides is 1. The zero-order valence-electron chi connectivity index (χ0n) is 10.9. The van der Waals surface area contributed by atoms with E-state index in [1.807, 2.05) is 4.90 Å². The smallest absolute Gasteiger partial charge is 0.224 e. The Bertz CT molecular complexity index is 458. The van der Waals surface area contributed by atoms with Gasteiger partial charge in [0.2, 0.25) is 5.91 Å². The first-order chi connectivity index (χ1) is 8.75. The largest absolute Gasteiger partial charge is 0.353 e. The summed E-state index contributed by atoms with van der Waals surface area (Å²) < 4.78 is 0. The highest BCUT2D eigenvalue weighted by Gasteiger charge is 2.26. The van der Waals surface area contributed by atoms with Gasteiger partial charge in [0, 0.05) is 25.2 Å². The van der Waals surface area contributed by atoms with Crippen LogP contribution in [0.3, 0.4) is 0 Å². The van der Waals surface area contributed by atoms with Gasteiger partial charge in [0.1, 0.15) is 0 Å². The van der Waals surface area contributed by atoms with Crippen LogP contribution in [-0.2, 0) is 4.79 Å². The summed E-state index contributed by atoms with van der Waals surface area (Å²) in [5, 5.41) is 0.